The zero-order valence-electron chi connectivity index (χ0n) is 17.9. The predicted octanol–water partition coefficient (Wildman–Crippen LogP) is 2.98. The summed E-state index contributed by atoms with van der Waals surface area (Å²) in [7, 11) is 1.89. The van der Waals surface area contributed by atoms with Crippen LogP contribution in [0, 0.1) is 19.7 Å². The number of likely N-dealkylation sites (N-methyl/N-ethyl adjacent to an activating group) is 1. The number of hydrogen-bond donors (Lipinski definition) is 2. The van der Waals surface area contributed by atoms with Gasteiger partial charge in [-0.1, -0.05) is 11.3 Å². The molecular weight excluding hydrogens is 417 g/mol. The Balaban J connectivity index is 0.00000272. The first-order valence-corrected chi connectivity index (χ1v) is 9.75. The van der Waals surface area contributed by atoms with Crippen molar-refractivity contribution in [3.63, 3.8) is 0 Å². The molecule has 2 aromatic heterocycles. The van der Waals surface area contributed by atoms with Crippen molar-refractivity contribution < 1.29 is 9.18 Å². The smallest absolute Gasteiger partial charge is 0.246 e. The molecule has 0 spiro atoms. The zero-order chi connectivity index (χ0) is 21.4. The third kappa shape index (κ3) is 4.63. The van der Waals surface area contributed by atoms with Crippen LogP contribution >= 0.6 is 13.5 Å². The van der Waals surface area contributed by atoms with Crippen LogP contribution in [-0.4, -0.2) is 39.0 Å². The van der Waals surface area contributed by atoms with Crippen LogP contribution in [0.15, 0.2) is 30.5 Å². The van der Waals surface area contributed by atoms with Gasteiger partial charge >= 0.3 is 0 Å². The highest BCUT2D eigenvalue weighted by molar-refractivity contribution is 7.59. The SMILES string of the molecule is Cc1ccc(F)cc1Cn1cc(CNc2cc3c(c(C)n2)NC(=O)[C@H](C)N3C)nn1.S. The van der Waals surface area contributed by atoms with Gasteiger partial charge in [-0.15, -0.1) is 5.10 Å². The molecule has 8 nitrogen and oxygen atoms in total. The largest absolute Gasteiger partial charge is 0.364 e. The molecule has 0 aliphatic carbocycles. The van der Waals surface area contributed by atoms with Crippen molar-refractivity contribution in [3.8, 4) is 0 Å². The lowest BCUT2D eigenvalue weighted by Gasteiger charge is -2.34. The molecule has 31 heavy (non-hydrogen) atoms. The predicted molar refractivity (Wildman–Crippen MR) is 123 cm³/mol. The van der Waals surface area contributed by atoms with E-state index < -0.39 is 0 Å². The second-order valence-electron chi connectivity index (χ2n) is 7.59. The first kappa shape index (κ1) is 22.5. The number of anilines is 3. The van der Waals surface area contributed by atoms with Gasteiger partial charge in [0.05, 0.1) is 36.4 Å². The van der Waals surface area contributed by atoms with Crippen molar-refractivity contribution in [3.05, 3.63) is 58.8 Å². The normalized spacial score (nSPS) is 15.2. The highest BCUT2D eigenvalue weighted by Gasteiger charge is 2.28. The van der Waals surface area contributed by atoms with Crippen LogP contribution in [0.1, 0.15) is 29.4 Å². The van der Waals surface area contributed by atoms with E-state index in [-0.39, 0.29) is 31.3 Å². The molecule has 0 radical (unpaired) electrons. The third-order valence-electron chi connectivity index (χ3n) is 5.45. The summed E-state index contributed by atoms with van der Waals surface area (Å²) >= 11 is 0. The first-order valence-electron chi connectivity index (χ1n) is 9.75. The number of aryl methyl sites for hydroxylation is 2. The van der Waals surface area contributed by atoms with Crippen molar-refractivity contribution in [2.75, 3.05) is 22.6 Å². The van der Waals surface area contributed by atoms with Crippen molar-refractivity contribution in [1.82, 2.24) is 20.0 Å². The Bertz CT molecular complexity index is 1120. The summed E-state index contributed by atoms with van der Waals surface area (Å²) in [5.41, 5.74) is 5.02. The number of nitrogens with zero attached hydrogens (tertiary/aromatic N) is 5. The van der Waals surface area contributed by atoms with E-state index in [2.05, 4.69) is 25.9 Å². The Labute approximate surface area is 187 Å². The highest BCUT2D eigenvalue weighted by atomic mass is 32.1. The molecule has 1 aliphatic rings. The summed E-state index contributed by atoms with van der Waals surface area (Å²) in [5, 5.41) is 14.5. The van der Waals surface area contributed by atoms with Crippen LogP contribution in [0.5, 0.6) is 0 Å². The van der Waals surface area contributed by atoms with Crippen LogP contribution in [0.3, 0.4) is 0 Å². The van der Waals surface area contributed by atoms with E-state index in [0.29, 0.717) is 18.9 Å². The summed E-state index contributed by atoms with van der Waals surface area (Å²) in [6.07, 6.45) is 1.83. The molecule has 10 heteroatoms. The van der Waals surface area contributed by atoms with Crippen LogP contribution in [-0.2, 0) is 17.9 Å². The van der Waals surface area contributed by atoms with Gasteiger partial charge in [-0.2, -0.15) is 13.5 Å². The topological polar surface area (TPSA) is 88.0 Å². The van der Waals surface area contributed by atoms with Crippen molar-refractivity contribution in [1.29, 1.82) is 0 Å². The Morgan fingerprint density at radius 2 is 2.03 bits per heavy atom. The second-order valence-corrected chi connectivity index (χ2v) is 7.59. The van der Waals surface area contributed by atoms with Crippen molar-refractivity contribution >= 4 is 36.6 Å². The molecule has 0 saturated heterocycles. The quantitative estimate of drug-likeness (QED) is 0.630. The highest BCUT2D eigenvalue weighted by Crippen LogP contribution is 2.34. The number of aromatic nitrogens is 4. The summed E-state index contributed by atoms with van der Waals surface area (Å²) < 4.78 is 15.2. The molecule has 1 atom stereocenters. The maximum absolute atomic E-state index is 13.5. The van der Waals surface area contributed by atoms with Gasteiger partial charge in [-0.25, -0.2) is 14.1 Å². The minimum absolute atomic E-state index is 0. The minimum atomic E-state index is -0.262. The molecule has 1 aromatic carbocycles. The fourth-order valence-electron chi connectivity index (χ4n) is 3.45. The Morgan fingerprint density at radius 3 is 2.81 bits per heavy atom. The lowest BCUT2D eigenvalue weighted by atomic mass is 10.1. The number of carbonyl (C=O) groups is 1. The van der Waals surface area contributed by atoms with E-state index in [0.717, 1.165) is 33.9 Å². The number of hydrogen-bond acceptors (Lipinski definition) is 6. The van der Waals surface area contributed by atoms with Gasteiger partial charge in [0.2, 0.25) is 5.91 Å². The van der Waals surface area contributed by atoms with Crippen LogP contribution in [0.2, 0.25) is 0 Å². The standard InChI is InChI=1S/C21H24FN7O.H2S/c1-12-5-6-16(22)7-15(12)10-29-11-17(26-27-29)9-23-19-8-18-20(13(2)24-19)25-21(30)14(3)28(18)4;/h5-8,11,14H,9-10H2,1-4H3,(H,23,24)(H,25,30);1H2/t14-;/m0./s1. The van der Waals surface area contributed by atoms with E-state index in [1.165, 1.54) is 12.1 Å². The van der Waals surface area contributed by atoms with Crippen LogP contribution < -0.4 is 15.5 Å². The lowest BCUT2D eigenvalue weighted by Crippen LogP contribution is -2.44. The molecule has 1 aliphatic heterocycles. The lowest BCUT2D eigenvalue weighted by molar-refractivity contribution is -0.117. The third-order valence-corrected chi connectivity index (χ3v) is 5.45. The van der Waals surface area contributed by atoms with E-state index in [9.17, 15) is 9.18 Å². The fourth-order valence-corrected chi connectivity index (χ4v) is 3.45. The molecule has 0 bridgehead atoms. The number of rotatable bonds is 5. The van der Waals surface area contributed by atoms with E-state index in [1.807, 2.05) is 45.0 Å². The van der Waals surface area contributed by atoms with E-state index >= 15 is 0 Å². The molecule has 4 rings (SSSR count). The van der Waals surface area contributed by atoms with Crippen LogP contribution in [0.4, 0.5) is 21.6 Å². The number of halogens is 1. The van der Waals surface area contributed by atoms with Crippen molar-refractivity contribution in [2.24, 2.45) is 0 Å². The minimum Gasteiger partial charge on any atom is -0.364 e. The van der Waals surface area contributed by atoms with Gasteiger partial charge < -0.3 is 15.5 Å². The molecule has 0 saturated carbocycles. The average Bonchev–Trinajstić information content (AvgIpc) is 3.16. The number of pyridine rings is 1. The molecular formula is C21H26FN7OS. The first-order chi connectivity index (χ1) is 14.3. The maximum atomic E-state index is 13.5. The van der Waals surface area contributed by atoms with Gasteiger partial charge in [0, 0.05) is 13.1 Å². The molecule has 3 heterocycles. The molecule has 1 amide bonds. The number of amides is 1. The number of nitrogens with one attached hydrogen (secondary N) is 2. The fraction of sp³-hybridized carbons (Fsp3) is 0.333. The molecule has 0 fully saturated rings. The molecule has 0 unspecified atom stereocenters. The summed E-state index contributed by atoms with van der Waals surface area (Å²) in [4.78, 5) is 18.5. The van der Waals surface area contributed by atoms with Gasteiger partial charge in [-0.3, -0.25) is 4.79 Å². The van der Waals surface area contributed by atoms with Gasteiger partial charge in [0.1, 0.15) is 23.4 Å². The summed E-state index contributed by atoms with van der Waals surface area (Å²) in [6, 6.07) is 6.39. The van der Waals surface area contributed by atoms with Gasteiger partial charge in [0.15, 0.2) is 0 Å². The monoisotopic (exact) mass is 443 g/mol. The molecule has 2 N–H and O–H groups in total. The molecule has 164 valence electrons. The number of fused-ring (bicyclic) bond motifs is 1. The van der Waals surface area contributed by atoms with Crippen LogP contribution in [0.25, 0.3) is 0 Å². The zero-order valence-corrected chi connectivity index (χ0v) is 18.9. The van der Waals surface area contributed by atoms with Gasteiger partial charge in [0.25, 0.3) is 0 Å². The molecule has 3 aromatic rings. The average molecular weight is 444 g/mol. The summed E-state index contributed by atoms with van der Waals surface area (Å²) in [5.74, 6) is 0.389. The Kier molecular flexibility index (Phi) is 6.49. The van der Waals surface area contributed by atoms with E-state index in [1.54, 1.807) is 10.7 Å². The van der Waals surface area contributed by atoms with Gasteiger partial charge in [-0.05, 0) is 44.0 Å². The van der Waals surface area contributed by atoms with E-state index in [4.69, 9.17) is 0 Å². The Morgan fingerprint density at radius 1 is 1.26 bits per heavy atom. The Hall–Kier alpha value is -3.14. The number of carbonyl (C=O) groups excluding carboxylic acids is 1. The van der Waals surface area contributed by atoms with Crippen molar-refractivity contribution in [2.45, 2.75) is 39.9 Å². The number of benzene rings is 1. The maximum Gasteiger partial charge on any atom is 0.246 e. The second kappa shape index (κ2) is 8.93. The summed E-state index contributed by atoms with van der Waals surface area (Å²) in [6.45, 7) is 6.57.